The second kappa shape index (κ2) is 4.03. The number of hydrogen-bond acceptors (Lipinski definition) is 2. The molecule has 0 bridgehead atoms. The maximum absolute atomic E-state index is 11.7. The minimum absolute atomic E-state index is 0.0753. The molecule has 1 fully saturated rings. The lowest BCUT2D eigenvalue weighted by Gasteiger charge is -2.15. The topological polar surface area (TPSA) is 46.3 Å². The van der Waals surface area contributed by atoms with Crippen LogP contribution in [0.4, 0.5) is 0 Å². The molecule has 0 unspecified atom stereocenters. The Morgan fingerprint density at radius 2 is 2.07 bits per heavy atom. The molecule has 1 heterocycles. The normalized spacial score (nSPS) is 26.0. The minimum Gasteiger partial charge on any atom is -0.337 e. The first-order valence-electron chi connectivity index (χ1n) is 5.27. The minimum atomic E-state index is -0.311. The summed E-state index contributed by atoms with van der Waals surface area (Å²) in [6.07, 6.45) is 0. The highest BCUT2D eigenvalue weighted by atomic mass is 16.2. The van der Waals surface area contributed by atoms with E-state index in [2.05, 4.69) is 0 Å². The zero-order valence-corrected chi connectivity index (χ0v) is 8.89. The van der Waals surface area contributed by atoms with Crippen molar-refractivity contribution in [3.05, 3.63) is 35.9 Å². The molecule has 1 aromatic carbocycles. The zero-order chi connectivity index (χ0) is 10.8. The number of nitrogens with two attached hydrogens (primary N) is 1. The highest BCUT2D eigenvalue weighted by molar-refractivity contribution is 5.84. The number of hydrogen-bond donors (Lipinski definition) is 1. The molecule has 3 nitrogen and oxygen atoms in total. The Hall–Kier alpha value is -1.35. The van der Waals surface area contributed by atoms with Gasteiger partial charge in [-0.25, -0.2) is 0 Å². The Kier molecular flexibility index (Phi) is 2.73. The monoisotopic (exact) mass is 204 g/mol. The number of benzene rings is 1. The van der Waals surface area contributed by atoms with Gasteiger partial charge in [-0.3, -0.25) is 4.79 Å². The van der Waals surface area contributed by atoms with Crippen molar-refractivity contribution in [3.63, 3.8) is 0 Å². The van der Waals surface area contributed by atoms with Crippen molar-refractivity contribution in [2.75, 3.05) is 6.54 Å². The highest BCUT2D eigenvalue weighted by Gasteiger charge is 2.34. The third kappa shape index (κ3) is 2.02. The standard InChI is InChI=1S/C12H16N2O/c1-9-7-14(12(15)11(9)13)8-10-5-3-2-4-6-10/h2-6,9,11H,7-8,13H2,1H3/t9-,11-/m0/s1. The number of nitrogens with zero attached hydrogens (tertiary/aromatic N) is 1. The van der Waals surface area contributed by atoms with E-state index in [0.29, 0.717) is 6.54 Å². The molecular formula is C12H16N2O. The van der Waals surface area contributed by atoms with Crippen LogP contribution in [0, 0.1) is 5.92 Å². The van der Waals surface area contributed by atoms with E-state index < -0.39 is 0 Å². The van der Waals surface area contributed by atoms with Crippen molar-refractivity contribution in [2.45, 2.75) is 19.5 Å². The molecule has 15 heavy (non-hydrogen) atoms. The Bertz CT molecular complexity index is 350. The van der Waals surface area contributed by atoms with E-state index in [0.717, 1.165) is 12.1 Å². The predicted octanol–water partition coefficient (Wildman–Crippen LogP) is 0.992. The lowest BCUT2D eigenvalue weighted by molar-refractivity contribution is -0.129. The maximum Gasteiger partial charge on any atom is 0.240 e. The van der Waals surface area contributed by atoms with Gasteiger partial charge >= 0.3 is 0 Å². The average molecular weight is 204 g/mol. The van der Waals surface area contributed by atoms with Crippen LogP contribution in [0.15, 0.2) is 30.3 Å². The summed E-state index contributed by atoms with van der Waals surface area (Å²) < 4.78 is 0. The smallest absolute Gasteiger partial charge is 0.240 e. The van der Waals surface area contributed by atoms with Crippen LogP contribution in [-0.4, -0.2) is 23.4 Å². The Morgan fingerprint density at radius 1 is 1.40 bits per heavy atom. The predicted molar refractivity (Wildman–Crippen MR) is 59.0 cm³/mol. The van der Waals surface area contributed by atoms with Crippen molar-refractivity contribution in [3.8, 4) is 0 Å². The number of carbonyl (C=O) groups excluding carboxylic acids is 1. The van der Waals surface area contributed by atoms with Crippen molar-refractivity contribution >= 4 is 5.91 Å². The van der Waals surface area contributed by atoms with Crippen LogP contribution < -0.4 is 5.73 Å². The van der Waals surface area contributed by atoms with Gasteiger partial charge < -0.3 is 10.6 Å². The summed E-state index contributed by atoms with van der Waals surface area (Å²) >= 11 is 0. The number of amides is 1. The lowest BCUT2D eigenvalue weighted by atomic mass is 10.1. The molecule has 0 saturated carbocycles. The van der Waals surface area contributed by atoms with Gasteiger partial charge in [0.2, 0.25) is 5.91 Å². The van der Waals surface area contributed by atoms with Crippen LogP contribution in [0.1, 0.15) is 12.5 Å². The molecule has 2 rings (SSSR count). The molecule has 80 valence electrons. The molecule has 1 aliphatic heterocycles. The van der Waals surface area contributed by atoms with Crippen LogP contribution in [0.3, 0.4) is 0 Å². The fourth-order valence-electron chi connectivity index (χ4n) is 1.95. The van der Waals surface area contributed by atoms with Crippen LogP contribution in [-0.2, 0) is 11.3 Å². The lowest BCUT2D eigenvalue weighted by Crippen LogP contribution is -2.35. The fraction of sp³-hybridized carbons (Fsp3) is 0.417. The van der Waals surface area contributed by atoms with Gasteiger partial charge in [-0.15, -0.1) is 0 Å². The summed E-state index contributed by atoms with van der Waals surface area (Å²) in [6.45, 7) is 3.47. The molecule has 1 saturated heterocycles. The Labute approximate surface area is 89.9 Å². The molecule has 1 amide bonds. The number of carbonyl (C=O) groups is 1. The van der Waals surface area contributed by atoms with Gasteiger partial charge in [0.25, 0.3) is 0 Å². The zero-order valence-electron chi connectivity index (χ0n) is 8.89. The van der Waals surface area contributed by atoms with Crippen molar-refractivity contribution in [1.82, 2.24) is 4.90 Å². The van der Waals surface area contributed by atoms with Gasteiger partial charge in [-0.05, 0) is 11.5 Å². The molecule has 0 aliphatic carbocycles. The van der Waals surface area contributed by atoms with E-state index in [1.54, 1.807) is 0 Å². The van der Waals surface area contributed by atoms with E-state index in [-0.39, 0.29) is 17.9 Å². The van der Waals surface area contributed by atoms with E-state index in [1.807, 2.05) is 42.2 Å². The summed E-state index contributed by atoms with van der Waals surface area (Å²) in [6, 6.07) is 9.69. The van der Waals surface area contributed by atoms with Crippen molar-refractivity contribution in [2.24, 2.45) is 11.7 Å². The first-order valence-corrected chi connectivity index (χ1v) is 5.27. The van der Waals surface area contributed by atoms with Crippen molar-refractivity contribution in [1.29, 1.82) is 0 Å². The van der Waals surface area contributed by atoms with Gasteiger partial charge in [0, 0.05) is 13.1 Å². The summed E-state index contributed by atoms with van der Waals surface area (Å²) in [5.41, 5.74) is 6.93. The SMILES string of the molecule is C[C@H]1CN(Cc2ccccc2)C(=O)[C@H]1N. The summed E-state index contributed by atoms with van der Waals surface area (Å²) in [4.78, 5) is 13.6. The van der Waals surface area contributed by atoms with Crippen LogP contribution in [0.2, 0.25) is 0 Å². The van der Waals surface area contributed by atoms with E-state index in [9.17, 15) is 4.79 Å². The van der Waals surface area contributed by atoms with Crippen LogP contribution in [0.25, 0.3) is 0 Å². The summed E-state index contributed by atoms with van der Waals surface area (Å²) in [7, 11) is 0. The van der Waals surface area contributed by atoms with E-state index in [4.69, 9.17) is 5.73 Å². The first kappa shape index (κ1) is 10.2. The third-order valence-electron chi connectivity index (χ3n) is 2.93. The average Bonchev–Trinajstić information content (AvgIpc) is 2.48. The molecule has 1 aromatic rings. The second-order valence-electron chi connectivity index (χ2n) is 4.21. The van der Waals surface area contributed by atoms with E-state index >= 15 is 0 Å². The quantitative estimate of drug-likeness (QED) is 0.781. The third-order valence-corrected chi connectivity index (χ3v) is 2.93. The molecule has 0 radical (unpaired) electrons. The van der Waals surface area contributed by atoms with Gasteiger partial charge in [0.05, 0.1) is 6.04 Å². The molecular weight excluding hydrogens is 188 g/mol. The highest BCUT2D eigenvalue weighted by Crippen LogP contribution is 2.18. The largest absolute Gasteiger partial charge is 0.337 e. The molecule has 0 aromatic heterocycles. The fourth-order valence-corrected chi connectivity index (χ4v) is 1.95. The number of rotatable bonds is 2. The number of likely N-dealkylation sites (tertiary alicyclic amines) is 1. The van der Waals surface area contributed by atoms with Gasteiger partial charge in [-0.2, -0.15) is 0 Å². The van der Waals surface area contributed by atoms with Gasteiger partial charge in [-0.1, -0.05) is 37.3 Å². The van der Waals surface area contributed by atoms with E-state index in [1.165, 1.54) is 0 Å². The van der Waals surface area contributed by atoms with Gasteiger partial charge in [0.1, 0.15) is 0 Å². The van der Waals surface area contributed by atoms with Gasteiger partial charge in [0.15, 0.2) is 0 Å². The molecule has 2 N–H and O–H groups in total. The molecule has 3 heteroatoms. The van der Waals surface area contributed by atoms with Crippen LogP contribution >= 0.6 is 0 Å². The van der Waals surface area contributed by atoms with Crippen molar-refractivity contribution < 1.29 is 4.79 Å². The van der Waals surface area contributed by atoms with Crippen LogP contribution in [0.5, 0.6) is 0 Å². The molecule has 2 atom stereocenters. The summed E-state index contributed by atoms with van der Waals surface area (Å²) in [5, 5.41) is 0. The molecule has 0 spiro atoms. The molecule has 1 aliphatic rings. The maximum atomic E-state index is 11.7. The Balaban J connectivity index is 2.05. The summed E-state index contributed by atoms with van der Waals surface area (Å²) in [5.74, 6) is 0.340. The second-order valence-corrected chi connectivity index (χ2v) is 4.21. The first-order chi connectivity index (χ1) is 7.18. The Morgan fingerprint density at radius 3 is 2.60 bits per heavy atom.